The van der Waals surface area contributed by atoms with E-state index >= 15 is 0 Å². The third-order valence-electron chi connectivity index (χ3n) is 4.43. The lowest BCUT2D eigenvalue weighted by Gasteiger charge is -2.58. The van der Waals surface area contributed by atoms with E-state index in [1.165, 1.54) is 6.42 Å². The van der Waals surface area contributed by atoms with E-state index in [0.29, 0.717) is 6.54 Å². The minimum absolute atomic E-state index is 0.0184. The Morgan fingerprint density at radius 3 is 2.63 bits per heavy atom. The number of likely N-dealkylation sites (tertiary alicyclic amines) is 1. The third kappa shape index (κ3) is 2.17. The summed E-state index contributed by atoms with van der Waals surface area (Å²) in [5, 5.41) is 2.86. The fourth-order valence-corrected chi connectivity index (χ4v) is 3.54. The van der Waals surface area contributed by atoms with E-state index in [0.717, 1.165) is 25.7 Å². The number of rotatable bonds is 4. The number of hydrogen-bond acceptors (Lipinski definition) is 2. The molecule has 4 nitrogen and oxygen atoms in total. The van der Waals surface area contributed by atoms with Gasteiger partial charge in [0.15, 0.2) is 0 Å². The minimum atomic E-state index is -0.409. The summed E-state index contributed by atoms with van der Waals surface area (Å²) in [6, 6.07) is -0.195. The van der Waals surface area contributed by atoms with Crippen LogP contribution >= 0.6 is 0 Å². The molecule has 19 heavy (non-hydrogen) atoms. The van der Waals surface area contributed by atoms with Gasteiger partial charge in [-0.05, 0) is 26.7 Å². The Balaban J connectivity index is 2.20. The number of nitrogens with zero attached hydrogens (tertiary/aromatic N) is 1. The van der Waals surface area contributed by atoms with Crippen LogP contribution in [-0.4, -0.2) is 35.3 Å². The number of hydrogen-bond donors (Lipinski definition) is 1. The van der Waals surface area contributed by atoms with Gasteiger partial charge in [0.05, 0.1) is 5.41 Å². The van der Waals surface area contributed by atoms with Crippen molar-refractivity contribution in [3.05, 3.63) is 12.7 Å². The van der Waals surface area contributed by atoms with Crippen molar-refractivity contribution in [2.45, 2.75) is 58.0 Å². The maximum atomic E-state index is 12.5. The summed E-state index contributed by atoms with van der Waals surface area (Å²) in [5.41, 5.74) is -0.409. The van der Waals surface area contributed by atoms with Crippen molar-refractivity contribution in [2.24, 2.45) is 5.41 Å². The van der Waals surface area contributed by atoms with Crippen molar-refractivity contribution < 1.29 is 9.59 Å². The first-order valence-electron chi connectivity index (χ1n) is 7.26. The van der Waals surface area contributed by atoms with Gasteiger partial charge < -0.3 is 10.2 Å². The molecule has 1 aliphatic heterocycles. The Hall–Kier alpha value is -1.32. The predicted octanol–water partition coefficient (Wildman–Crippen LogP) is 1.86. The van der Waals surface area contributed by atoms with Gasteiger partial charge in [0.25, 0.3) is 0 Å². The average Bonchev–Trinajstić information content (AvgIpc) is 2.41. The van der Waals surface area contributed by atoms with Crippen molar-refractivity contribution in [1.82, 2.24) is 10.2 Å². The van der Waals surface area contributed by atoms with Crippen molar-refractivity contribution >= 4 is 11.8 Å². The number of carbonyl (C=O) groups excluding carboxylic acids is 2. The van der Waals surface area contributed by atoms with Crippen LogP contribution in [0.3, 0.4) is 0 Å². The van der Waals surface area contributed by atoms with E-state index in [1.54, 1.807) is 11.0 Å². The third-order valence-corrected chi connectivity index (χ3v) is 4.43. The zero-order valence-electron chi connectivity index (χ0n) is 11.9. The lowest BCUT2D eigenvalue weighted by molar-refractivity contribution is -0.185. The molecule has 0 radical (unpaired) electrons. The van der Waals surface area contributed by atoms with E-state index < -0.39 is 5.41 Å². The minimum Gasteiger partial charge on any atom is -0.351 e. The molecule has 1 saturated carbocycles. The molecule has 106 valence electrons. The van der Waals surface area contributed by atoms with E-state index in [4.69, 9.17) is 0 Å². The summed E-state index contributed by atoms with van der Waals surface area (Å²) in [4.78, 5) is 26.6. The number of amides is 2. The van der Waals surface area contributed by atoms with Crippen molar-refractivity contribution in [2.75, 3.05) is 6.54 Å². The van der Waals surface area contributed by atoms with Crippen LogP contribution in [0.5, 0.6) is 0 Å². The van der Waals surface area contributed by atoms with E-state index in [9.17, 15) is 9.59 Å². The van der Waals surface area contributed by atoms with E-state index in [1.807, 2.05) is 13.8 Å². The van der Waals surface area contributed by atoms with Crippen LogP contribution in [-0.2, 0) is 9.59 Å². The second-order valence-electron chi connectivity index (χ2n) is 5.96. The molecule has 2 rings (SSSR count). The zero-order chi connectivity index (χ0) is 14.0. The normalized spacial score (nSPS) is 25.3. The fourth-order valence-electron chi connectivity index (χ4n) is 3.54. The highest BCUT2D eigenvalue weighted by molar-refractivity contribution is 6.02. The van der Waals surface area contributed by atoms with Gasteiger partial charge in [-0.25, -0.2) is 0 Å². The maximum absolute atomic E-state index is 12.5. The van der Waals surface area contributed by atoms with Crippen LogP contribution in [0.25, 0.3) is 0 Å². The van der Waals surface area contributed by atoms with Gasteiger partial charge in [-0.1, -0.05) is 25.3 Å². The lowest BCUT2D eigenvalue weighted by Crippen LogP contribution is -2.75. The summed E-state index contributed by atoms with van der Waals surface area (Å²) in [7, 11) is 0. The smallest absolute Gasteiger partial charge is 0.244 e. The molecule has 1 aliphatic carbocycles. The average molecular weight is 264 g/mol. The van der Waals surface area contributed by atoms with Crippen LogP contribution in [0.15, 0.2) is 12.7 Å². The molecular formula is C15H24N2O2. The number of nitrogens with one attached hydrogen (secondary N) is 1. The topological polar surface area (TPSA) is 49.4 Å². The summed E-state index contributed by atoms with van der Waals surface area (Å²) in [6.07, 6.45) is 6.69. The van der Waals surface area contributed by atoms with Gasteiger partial charge in [-0.15, -0.1) is 6.58 Å². The molecule has 1 heterocycles. The van der Waals surface area contributed by atoms with Gasteiger partial charge in [-0.2, -0.15) is 0 Å². The van der Waals surface area contributed by atoms with E-state index in [2.05, 4.69) is 11.9 Å². The van der Waals surface area contributed by atoms with Gasteiger partial charge in [0.1, 0.15) is 6.04 Å². The first kappa shape index (κ1) is 14.1. The Kier molecular flexibility index (Phi) is 3.97. The van der Waals surface area contributed by atoms with Crippen LogP contribution in [0.1, 0.15) is 46.0 Å². The zero-order valence-corrected chi connectivity index (χ0v) is 11.9. The van der Waals surface area contributed by atoms with Crippen LogP contribution in [0.4, 0.5) is 0 Å². The predicted molar refractivity (Wildman–Crippen MR) is 74.5 cm³/mol. The molecule has 0 bridgehead atoms. The second kappa shape index (κ2) is 5.35. The SMILES string of the molecule is C=CCNC(=O)C1N(C(C)C)C(=O)C12CCCCC2. The molecule has 2 amide bonds. The first-order chi connectivity index (χ1) is 9.04. The molecule has 2 aliphatic rings. The molecule has 0 aromatic heterocycles. The Bertz CT molecular complexity index is 384. The Morgan fingerprint density at radius 1 is 1.47 bits per heavy atom. The van der Waals surface area contributed by atoms with Crippen LogP contribution in [0, 0.1) is 5.41 Å². The molecule has 1 unspecified atom stereocenters. The largest absolute Gasteiger partial charge is 0.351 e. The van der Waals surface area contributed by atoms with Crippen molar-refractivity contribution in [1.29, 1.82) is 0 Å². The second-order valence-corrected chi connectivity index (χ2v) is 5.96. The number of β-lactam (4-membered cyclic amide) rings is 1. The summed E-state index contributed by atoms with van der Waals surface area (Å²) < 4.78 is 0. The molecule has 1 N–H and O–H groups in total. The summed E-state index contributed by atoms with van der Waals surface area (Å²) in [5.74, 6) is 0.163. The monoisotopic (exact) mass is 264 g/mol. The first-order valence-corrected chi connectivity index (χ1v) is 7.26. The molecule has 1 spiro atoms. The molecule has 1 saturated heterocycles. The summed E-state index contributed by atoms with van der Waals surface area (Å²) in [6.45, 7) is 8.02. The van der Waals surface area contributed by atoms with Crippen LogP contribution in [0.2, 0.25) is 0 Å². The number of carbonyl (C=O) groups is 2. The molecule has 1 atom stereocenters. The quantitative estimate of drug-likeness (QED) is 0.622. The van der Waals surface area contributed by atoms with Gasteiger partial charge in [0, 0.05) is 12.6 Å². The highest BCUT2D eigenvalue weighted by atomic mass is 16.2. The maximum Gasteiger partial charge on any atom is 0.244 e. The standard InChI is InChI=1S/C15H24N2O2/c1-4-10-16-13(18)12-15(8-6-5-7-9-15)14(19)17(12)11(2)3/h4,11-12H,1,5-10H2,2-3H3,(H,16,18). The van der Waals surface area contributed by atoms with Crippen LogP contribution < -0.4 is 5.32 Å². The molecular weight excluding hydrogens is 240 g/mol. The fraction of sp³-hybridized carbons (Fsp3) is 0.733. The highest BCUT2D eigenvalue weighted by Gasteiger charge is 2.63. The summed E-state index contributed by atoms with van der Waals surface area (Å²) >= 11 is 0. The molecule has 4 heteroatoms. The van der Waals surface area contributed by atoms with Crippen molar-refractivity contribution in [3.63, 3.8) is 0 Å². The van der Waals surface area contributed by atoms with Gasteiger partial charge in [0.2, 0.25) is 11.8 Å². The molecule has 0 aromatic carbocycles. The van der Waals surface area contributed by atoms with Gasteiger partial charge >= 0.3 is 0 Å². The Labute approximate surface area is 115 Å². The highest BCUT2D eigenvalue weighted by Crippen LogP contribution is 2.50. The van der Waals surface area contributed by atoms with Crippen molar-refractivity contribution in [3.8, 4) is 0 Å². The van der Waals surface area contributed by atoms with E-state index in [-0.39, 0.29) is 23.9 Å². The van der Waals surface area contributed by atoms with Gasteiger partial charge in [-0.3, -0.25) is 9.59 Å². The lowest BCUT2D eigenvalue weighted by atomic mass is 9.61. The molecule has 0 aromatic rings. The molecule has 2 fully saturated rings. The Morgan fingerprint density at radius 2 is 2.11 bits per heavy atom.